The Balaban J connectivity index is 2.35. The maximum atomic E-state index is 3.80. The van der Waals surface area contributed by atoms with Crippen LogP contribution >= 0.6 is 0 Å². The van der Waals surface area contributed by atoms with Gasteiger partial charge in [-0.05, 0) is 51.0 Å². The SMILES string of the molecule is C=CCCCC(NC)C1CCCC(CC)C1. The van der Waals surface area contributed by atoms with E-state index < -0.39 is 0 Å². The van der Waals surface area contributed by atoms with Crippen molar-refractivity contribution >= 4 is 0 Å². The molecule has 3 atom stereocenters. The van der Waals surface area contributed by atoms with Crippen LogP contribution in [0.25, 0.3) is 0 Å². The van der Waals surface area contributed by atoms with Crippen LogP contribution in [0.5, 0.6) is 0 Å². The lowest BCUT2D eigenvalue weighted by atomic mass is 9.76. The van der Waals surface area contributed by atoms with Gasteiger partial charge in [-0.1, -0.05) is 32.3 Å². The number of hydrogen-bond acceptors (Lipinski definition) is 1. The smallest absolute Gasteiger partial charge is 0.00925 e. The standard InChI is InChI=1S/C15H29N/c1-4-6-7-11-15(16-3)14-10-8-9-13(5-2)12-14/h4,13-16H,1,5-12H2,2-3H3. The topological polar surface area (TPSA) is 12.0 Å². The van der Waals surface area contributed by atoms with Gasteiger partial charge in [0.05, 0.1) is 0 Å². The van der Waals surface area contributed by atoms with E-state index in [1.807, 2.05) is 6.08 Å². The molecule has 0 saturated heterocycles. The summed E-state index contributed by atoms with van der Waals surface area (Å²) in [6, 6.07) is 0.745. The summed E-state index contributed by atoms with van der Waals surface area (Å²) >= 11 is 0. The molecule has 1 aliphatic rings. The second kappa shape index (κ2) is 7.89. The second-order valence-corrected chi connectivity index (χ2v) is 5.32. The van der Waals surface area contributed by atoms with E-state index in [-0.39, 0.29) is 0 Å². The van der Waals surface area contributed by atoms with Crippen LogP contribution in [0.2, 0.25) is 0 Å². The second-order valence-electron chi connectivity index (χ2n) is 5.32. The first-order valence-corrected chi connectivity index (χ1v) is 7.10. The summed E-state index contributed by atoms with van der Waals surface area (Å²) in [7, 11) is 2.13. The van der Waals surface area contributed by atoms with Crippen molar-refractivity contribution in [2.75, 3.05) is 7.05 Å². The highest BCUT2D eigenvalue weighted by molar-refractivity contribution is 4.82. The lowest BCUT2D eigenvalue weighted by Crippen LogP contribution is -2.36. The number of nitrogens with one attached hydrogen (secondary N) is 1. The van der Waals surface area contributed by atoms with E-state index in [1.54, 1.807) is 0 Å². The van der Waals surface area contributed by atoms with Crippen LogP contribution < -0.4 is 5.32 Å². The monoisotopic (exact) mass is 223 g/mol. The molecule has 0 aliphatic heterocycles. The Morgan fingerprint density at radius 2 is 2.25 bits per heavy atom. The van der Waals surface area contributed by atoms with Crippen molar-refractivity contribution in [1.29, 1.82) is 0 Å². The van der Waals surface area contributed by atoms with Gasteiger partial charge in [-0.2, -0.15) is 0 Å². The molecule has 0 radical (unpaired) electrons. The molecule has 1 N–H and O–H groups in total. The molecule has 1 heteroatoms. The highest BCUT2D eigenvalue weighted by atomic mass is 14.9. The molecule has 16 heavy (non-hydrogen) atoms. The van der Waals surface area contributed by atoms with Crippen molar-refractivity contribution in [3.05, 3.63) is 12.7 Å². The molecule has 1 fully saturated rings. The van der Waals surface area contributed by atoms with Gasteiger partial charge in [0, 0.05) is 6.04 Å². The van der Waals surface area contributed by atoms with Gasteiger partial charge in [-0.3, -0.25) is 0 Å². The molecule has 1 nitrogen and oxygen atoms in total. The molecular formula is C15H29N. The average molecular weight is 223 g/mol. The number of allylic oxidation sites excluding steroid dienone is 1. The summed E-state index contributed by atoms with van der Waals surface area (Å²) in [5.41, 5.74) is 0. The van der Waals surface area contributed by atoms with E-state index in [0.29, 0.717) is 0 Å². The van der Waals surface area contributed by atoms with Crippen molar-refractivity contribution in [2.24, 2.45) is 11.8 Å². The zero-order valence-electron chi connectivity index (χ0n) is 11.2. The molecule has 1 rings (SSSR count). The van der Waals surface area contributed by atoms with Gasteiger partial charge >= 0.3 is 0 Å². The third-order valence-corrected chi connectivity index (χ3v) is 4.26. The van der Waals surface area contributed by atoms with Crippen LogP contribution in [0.3, 0.4) is 0 Å². The number of unbranched alkanes of at least 4 members (excludes halogenated alkanes) is 1. The molecule has 1 aliphatic carbocycles. The van der Waals surface area contributed by atoms with E-state index in [2.05, 4.69) is 25.9 Å². The maximum absolute atomic E-state index is 3.80. The Morgan fingerprint density at radius 3 is 2.88 bits per heavy atom. The quantitative estimate of drug-likeness (QED) is 0.505. The number of hydrogen-bond donors (Lipinski definition) is 1. The predicted molar refractivity (Wildman–Crippen MR) is 72.6 cm³/mol. The molecular weight excluding hydrogens is 194 g/mol. The molecule has 0 bridgehead atoms. The predicted octanol–water partition coefficient (Wildman–Crippen LogP) is 4.15. The first kappa shape index (κ1) is 13.8. The molecule has 0 amide bonds. The largest absolute Gasteiger partial charge is 0.317 e. The third-order valence-electron chi connectivity index (χ3n) is 4.26. The Bertz CT molecular complexity index is 188. The fourth-order valence-electron chi connectivity index (χ4n) is 3.17. The summed E-state index contributed by atoms with van der Waals surface area (Å²) < 4.78 is 0. The minimum absolute atomic E-state index is 0.745. The van der Waals surface area contributed by atoms with Crippen molar-refractivity contribution < 1.29 is 0 Å². The fourth-order valence-corrected chi connectivity index (χ4v) is 3.17. The van der Waals surface area contributed by atoms with Crippen molar-refractivity contribution in [3.8, 4) is 0 Å². The van der Waals surface area contributed by atoms with Crippen molar-refractivity contribution in [3.63, 3.8) is 0 Å². The van der Waals surface area contributed by atoms with E-state index in [0.717, 1.165) is 17.9 Å². The first-order chi connectivity index (χ1) is 7.81. The van der Waals surface area contributed by atoms with Crippen LogP contribution in [-0.2, 0) is 0 Å². The molecule has 0 heterocycles. The Hall–Kier alpha value is -0.300. The molecule has 0 aromatic carbocycles. The highest BCUT2D eigenvalue weighted by Crippen LogP contribution is 2.34. The van der Waals surface area contributed by atoms with E-state index in [9.17, 15) is 0 Å². The minimum atomic E-state index is 0.745. The van der Waals surface area contributed by atoms with Gasteiger partial charge in [-0.15, -0.1) is 6.58 Å². The van der Waals surface area contributed by atoms with E-state index >= 15 is 0 Å². The summed E-state index contributed by atoms with van der Waals surface area (Å²) in [6.45, 7) is 6.15. The number of rotatable bonds is 7. The molecule has 3 unspecified atom stereocenters. The molecule has 94 valence electrons. The Morgan fingerprint density at radius 1 is 1.44 bits per heavy atom. The Labute approximate surface area is 102 Å². The van der Waals surface area contributed by atoms with Gasteiger partial charge in [0.2, 0.25) is 0 Å². The summed E-state index contributed by atoms with van der Waals surface area (Å²) in [5.74, 6) is 1.92. The molecule has 0 spiro atoms. The van der Waals surface area contributed by atoms with Gasteiger partial charge in [0.1, 0.15) is 0 Å². The zero-order valence-corrected chi connectivity index (χ0v) is 11.2. The molecule has 0 aromatic rings. The third kappa shape index (κ3) is 4.29. The normalized spacial score (nSPS) is 27.6. The van der Waals surface area contributed by atoms with Crippen LogP contribution in [0.4, 0.5) is 0 Å². The van der Waals surface area contributed by atoms with E-state index in [1.165, 1.54) is 51.4 Å². The first-order valence-electron chi connectivity index (χ1n) is 7.10. The fraction of sp³-hybridized carbons (Fsp3) is 0.867. The summed E-state index contributed by atoms with van der Waals surface area (Å²) in [4.78, 5) is 0. The zero-order chi connectivity index (χ0) is 11.8. The highest BCUT2D eigenvalue weighted by Gasteiger charge is 2.26. The van der Waals surface area contributed by atoms with Gasteiger partial charge in [0.15, 0.2) is 0 Å². The van der Waals surface area contributed by atoms with Crippen LogP contribution in [0.15, 0.2) is 12.7 Å². The van der Waals surface area contributed by atoms with Gasteiger partial charge < -0.3 is 5.32 Å². The minimum Gasteiger partial charge on any atom is -0.317 e. The summed E-state index contributed by atoms with van der Waals surface area (Å²) in [6.07, 6.45) is 13.0. The lowest BCUT2D eigenvalue weighted by Gasteiger charge is -2.34. The maximum Gasteiger partial charge on any atom is 0.00925 e. The lowest BCUT2D eigenvalue weighted by molar-refractivity contribution is 0.206. The Kier molecular flexibility index (Phi) is 6.79. The van der Waals surface area contributed by atoms with E-state index in [4.69, 9.17) is 0 Å². The van der Waals surface area contributed by atoms with Gasteiger partial charge in [-0.25, -0.2) is 0 Å². The van der Waals surface area contributed by atoms with Crippen molar-refractivity contribution in [2.45, 2.75) is 64.3 Å². The van der Waals surface area contributed by atoms with Crippen LogP contribution in [0.1, 0.15) is 58.3 Å². The summed E-state index contributed by atoms with van der Waals surface area (Å²) in [5, 5.41) is 3.54. The van der Waals surface area contributed by atoms with Crippen LogP contribution in [-0.4, -0.2) is 13.1 Å². The van der Waals surface area contributed by atoms with Crippen molar-refractivity contribution in [1.82, 2.24) is 5.32 Å². The average Bonchev–Trinajstić information content (AvgIpc) is 2.35. The molecule has 1 saturated carbocycles. The van der Waals surface area contributed by atoms with Crippen LogP contribution in [0, 0.1) is 11.8 Å². The van der Waals surface area contributed by atoms with Gasteiger partial charge in [0.25, 0.3) is 0 Å². The molecule has 0 aromatic heterocycles.